The Balaban J connectivity index is 2.78. The smallest absolute Gasteiger partial charge is 0.255 e. The number of rotatable bonds is 5. The van der Waals surface area contributed by atoms with Gasteiger partial charge in [-0.15, -0.1) is 11.6 Å². The van der Waals surface area contributed by atoms with E-state index in [-0.39, 0.29) is 23.2 Å². The van der Waals surface area contributed by atoms with Crippen LogP contribution in [0.15, 0.2) is 18.2 Å². The van der Waals surface area contributed by atoms with Crippen molar-refractivity contribution in [2.24, 2.45) is 0 Å². The minimum absolute atomic E-state index is 0.115. The molecule has 1 aromatic carbocycles. The van der Waals surface area contributed by atoms with E-state index in [4.69, 9.17) is 27.9 Å². The van der Waals surface area contributed by atoms with Gasteiger partial charge in [-0.05, 0) is 18.2 Å². The van der Waals surface area contributed by atoms with Crippen molar-refractivity contribution < 1.29 is 14.6 Å². The maximum atomic E-state index is 11.8. The maximum Gasteiger partial charge on any atom is 0.255 e. The van der Waals surface area contributed by atoms with Crippen LogP contribution in [0, 0.1) is 0 Å². The van der Waals surface area contributed by atoms with Crippen molar-refractivity contribution in [2.75, 3.05) is 19.6 Å². The first kappa shape index (κ1) is 14.1. The molecule has 4 nitrogen and oxygen atoms in total. The number of nitrogens with one attached hydrogen (secondary N) is 1. The summed E-state index contributed by atoms with van der Waals surface area (Å²) in [6.45, 7) is 0.302. The number of amides is 1. The average Bonchev–Trinajstić information content (AvgIpc) is 2.31. The summed E-state index contributed by atoms with van der Waals surface area (Å²) in [5, 5.41) is 12.6. The molecule has 0 fully saturated rings. The maximum absolute atomic E-state index is 11.8. The van der Waals surface area contributed by atoms with Gasteiger partial charge in [0.25, 0.3) is 5.91 Å². The minimum atomic E-state index is -0.437. The van der Waals surface area contributed by atoms with Gasteiger partial charge in [-0.3, -0.25) is 4.79 Å². The summed E-state index contributed by atoms with van der Waals surface area (Å²) in [7, 11) is 1.52. The second kappa shape index (κ2) is 6.69. The summed E-state index contributed by atoms with van der Waals surface area (Å²) >= 11 is 11.4. The fourth-order valence-corrected chi connectivity index (χ4v) is 1.62. The molecule has 0 spiro atoms. The molecule has 1 amide bonds. The lowest BCUT2D eigenvalue weighted by molar-refractivity contribution is 0.0904. The van der Waals surface area contributed by atoms with Crippen molar-refractivity contribution >= 4 is 29.1 Å². The summed E-state index contributed by atoms with van der Waals surface area (Å²) in [5.41, 5.74) is 0.115. The standard InChI is InChI=1S/C11H13Cl2NO3/c1-17-6-8(5-12)14-11(16)9-4-7(13)2-3-10(9)15/h2-4,8,15H,5-6H2,1H3,(H,14,16). The van der Waals surface area contributed by atoms with Crippen LogP contribution < -0.4 is 5.32 Å². The van der Waals surface area contributed by atoms with Gasteiger partial charge in [-0.2, -0.15) is 0 Å². The SMILES string of the molecule is COCC(CCl)NC(=O)c1cc(Cl)ccc1O. The zero-order valence-electron chi connectivity index (χ0n) is 9.24. The Morgan fingerprint density at radius 2 is 2.29 bits per heavy atom. The van der Waals surface area contributed by atoms with Gasteiger partial charge in [0.2, 0.25) is 0 Å². The Bertz CT molecular complexity index is 398. The Morgan fingerprint density at radius 3 is 2.88 bits per heavy atom. The predicted octanol–water partition coefficient (Wildman–Crippen LogP) is 2.03. The van der Waals surface area contributed by atoms with Crippen molar-refractivity contribution in [2.45, 2.75) is 6.04 Å². The molecule has 1 aromatic rings. The summed E-state index contributed by atoms with van der Waals surface area (Å²) < 4.78 is 4.90. The largest absolute Gasteiger partial charge is 0.507 e. The molecular formula is C11H13Cl2NO3. The number of ether oxygens (including phenoxy) is 1. The minimum Gasteiger partial charge on any atom is -0.507 e. The van der Waals surface area contributed by atoms with Crippen LogP contribution in [-0.4, -0.2) is 36.7 Å². The van der Waals surface area contributed by atoms with Gasteiger partial charge in [-0.25, -0.2) is 0 Å². The number of phenols is 1. The third kappa shape index (κ3) is 4.07. The van der Waals surface area contributed by atoms with Crippen molar-refractivity contribution in [3.8, 4) is 5.75 Å². The first-order valence-corrected chi connectivity index (χ1v) is 5.84. The van der Waals surface area contributed by atoms with Crippen LogP contribution >= 0.6 is 23.2 Å². The highest BCUT2D eigenvalue weighted by molar-refractivity contribution is 6.31. The fraction of sp³-hybridized carbons (Fsp3) is 0.364. The third-order valence-corrected chi connectivity index (χ3v) is 2.70. The topological polar surface area (TPSA) is 58.6 Å². The highest BCUT2D eigenvalue weighted by Crippen LogP contribution is 2.21. The third-order valence-electron chi connectivity index (χ3n) is 2.09. The van der Waals surface area contributed by atoms with Crippen LogP contribution in [0.1, 0.15) is 10.4 Å². The second-order valence-electron chi connectivity index (χ2n) is 3.44. The number of carbonyl (C=O) groups is 1. The van der Waals surface area contributed by atoms with E-state index in [1.807, 2.05) is 0 Å². The Hall–Kier alpha value is -0.970. The number of hydrogen-bond acceptors (Lipinski definition) is 3. The molecule has 1 unspecified atom stereocenters. The molecule has 94 valence electrons. The summed E-state index contributed by atoms with van der Waals surface area (Å²) in [6, 6.07) is 3.95. The molecule has 2 N–H and O–H groups in total. The summed E-state index contributed by atoms with van der Waals surface area (Å²) in [4.78, 5) is 11.8. The molecule has 0 bridgehead atoms. The van der Waals surface area contributed by atoms with Gasteiger partial charge >= 0.3 is 0 Å². The molecule has 17 heavy (non-hydrogen) atoms. The second-order valence-corrected chi connectivity index (χ2v) is 4.19. The predicted molar refractivity (Wildman–Crippen MR) is 67.0 cm³/mol. The molecule has 0 aliphatic rings. The number of phenolic OH excluding ortho intramolecular Hbond substituents is 1. The van der Waals surface area contributed by atoms with Gasteiger partial charge < -0.3 is 15.2 Å². The van der Waals surface area contributed by atoms with E-state index in [1.54, 1.807) is 0 Å². The normalized spacial score (nSPS) is 12.2. The molecule has 0 radical (unpaired) electrons. The van der Waals surface area contributed by atoms with Gasteiger partial charge in [0.1, 0.15) is 5.75 Å². The highest BCUT2D eigenvalue weighted by Gasteiger charge is 2.16. The number of methoxy groups -OCH3 is 1. The van der Waals surface area contributed by atoms with Crippen molar-refractivity contribution in [1.82, 2.24) is 5.32 Å². The van der Waals surface area contributed by atoms with Crippen LogP contribution in [-0.2, 0) is 4.74 Å². The van der Waals surface area contributed by atoms with Crippen LogP contribution in [0.25, 0.3) is 0 Å². The van der Waals surface area contributed by atoms with Crippen molar-refractivity contribution in [3.63, 3.8) is 0 Å². The average molecular weight is 278 g/mol. The molecular weight excluding hydrogens is 265 g/mol. The molecule has 0 aromatic heterocycles. The molecule has 0 heterocycles. The van der Waals surface area contributed by atoms with E-state index in [1.165, 1.54) is 25.3 Å². The molecule has 6 heteroatoms. The monoisotopic (exact) mass is 277 g/mol. The fourth-order valence-electron chi connectivity index (χ4n) is 1.28. The van der Waals surface area contributed by atoms with Gasteiger partial charge in [0, 0.05) is 18.0 Å². The lowest BCUT2D eigenvalue weighted by Crippen LogP contribution is -2.39. The lowest BCUT2D eigenvalue weighted by atomic mass is 10.2. The van der Waals surface area contributed by atoms with E-state index in [0.29, 0.717) is 11.6 Å². The first-order valence-electron chi connectivity index (χ1n) is 4.92. The zero-order valence-corrected chi connectivity index (χ0v) is 10.8. The van der Waals surface area contributed by atoms with E-state index in [2.05, 4.69) is 5.32 Å². The lowest BCUT2D eigenvalue weighted by Gasteiger charge is -2.15. The quantitative estimate of drug-likeness (QED) is 0.810. The molecule has 0 saturated heterocycles. The number of benzene rings is 1. The number of halogens is 2. The molecule has 0 saturated carbocycles. The summed E-state index contributed by atoms with van der Waals surface area (Å²) in [6.07, 6.45) is 0. The van der Waals surface area contributed by atoms with E-state index in [9.17, 15) is 9.90 Å². The van der Waals surface area contributed by atoms with Crippen LogP contribution in [0.4, 0.5) is 0 Å². The first-order chi connectivity index (χ1) is 8.08. The molecule has 1 atom stereocenters. The van der Waals surface area contributed by atoms with E-state index >= 15 is 0 Å². The van der Waals surface area contributed by atoms with Gasteiger partial charge in [-0.1, -0.05) is 11.6 Å². The number of aromatic hydroxyl groups is 1. The molecule has 0 aliphatic heterocycles. The van der Waals surface area contributed by atoms with Crippen LogP contribution in [0.5, 0.6) is 5.75 Å². The summed E-state index contributed by atoms with van der Waals surface area (Å²) in [5.74, 6) is -0.341. The van der Waals surface area contributed by atoms with Gasteiger partial charge in [0.15, 0.2) is 0 Å². The highest BCUT2D eigenvalue weighted by atomic mass is 35.5. The molecule has 0 aliphatic carbocycles. The zero-order chi connectivity index (χ0) is 12.8. The Kier molecular flexibility index (Phi) is 5.55. The number of carbonyl (C=O) groups excluding carboxylic acids is 1. The van der Waals surface area contributed by atoms with E-state index in [0.717, 1.165) is 0 Å². The number of hydrogen-bond donors (Lipinski definition) is 2. The van der Waals surface area contributed by atoms with Crippen LogP contribution in [0.2, 0.25) is 5.02 Å². The van der Waals surface area contributed by atoms with E-state index < -0.39 is 5.91 Å². The Morgan fingerprint density at radius 1 is 1.59 bits per heavy atom. The molecule has 1 rings (SSSR count). The van der Waals surface area contributed by atoms with Gasteiger partial charge in [0.05, 0.1) is 18.2 Å². The Labute approximate surface area is 109 Å². The van der Waals surface area contributed by atoms with Crippen LogP contribution in [0.3, 0.4) is 0 Å². The number of alkyl halides is 1. The van der Waals surface area contributed by atoms with Crippen molar-refractivity contribution in [1.29, 1.82) is 0 Å². The van der Waals surface area contributed by atoms with Crippen molar-refractivity contribution in [3.05, 3.63) is 28.8 Å².